The zero-order valence-corrected chi connectivity index (χ0v) is 12.9. The van der Waals surface area contributed by atoms with Gasteiger partial charge >= 0.3 is 5.97 Å². The Bertz CT molecular complexity index is 645. The predicted octanol–water partition coefficient (Wildman–Crippen LogP) is 3.45. The highest BCUT2D eigenvalue weighted by molar-refractivity contribution is 7.13. The second-order valence-corrected chi connectivity index (χ2v) is 6.36. The highest BCUT2D eigenvalue weighted by Crippen LogP contribution is 2.22. The standard InChI is InChI=1S/C16H18N2O2S/c1-10(2)9-13-7-8-14(21-13)16(19)20-12-5-3-11(4-6-12)15(17)18/h3-8,10H,9H2,1-2H3,(H3,17,18). The number of nitrogens with one attached hydrogen (secondary N) is 1. The molecule has 0 bridgehead atoms. The van der Waals surface area contributed by atoms with E-state index in [0.29, 0.717) is 22.1 Å². The van der Waals surface area contributed by atoms with Gasteiger partial charge < -0.3 is 10.5 Å². The lowest BCUT2D eigenvalue weighted by atomic mass is 10.1. The van der Waals surface area contributed by atoms with Crippen LogP contribution in [0.2, 0.25) is 0 Å². The second-order valence-electron chi connectivity index (χ2n) is 5.19. The Morgan fingerprint density at radius 1 is 1.24 bits per heavy atom. The number of nitrogens with two attached hydrogens (primary N) is 1. The van der Waals surface area contributed by atoms with E-state index < -0.39 is 0 Å². The van der Waals surface area contributed by atoms with Gasteiger partial charge in [0.15, 0.2) is 0 Å². The Kier molecular flexibility index (Phi) is 4.75. The van der Waals surface area contributed by atoms with E-state index in [1.165, 1.54) is 16.2 Å². The van der Waals surface area contributed by atoms with E-state index in [1.807, 2.05) is 6.07 Å². The van der Waals surface area contributed by atoms with Crippen LogP contribution in [0.5, 0.6) is 5.75 Å². The van der Waals surface area contributed by atoms with Crippen LogP contribution in [0.4, 0.5) is 0 Å². The number of carbonyl (C=O) groups is 1. The van der Waals surface area contributed by atoms with Crippen LogP contribution in [-0.2, 0) is 6.42 Å². The summed E-state index contributed by atoms with van der Waals surface area (Å²) in [6.07, 6.45) is 0.964. The van der Waals surface area contributed by atoms with E-state index in [0.717, 1.165) is 6.42 Å². The summed E-state index contributed by atoms with van der Waals surface area (Å²) in [6.45, 7) is 4.29. The third kappa shape index (κ3) is 4.16. The molecule has 2 rings (SSSR count). The molecule has 0 aliphatic rings. The molecule has 110 valence electrons. The Hall–Kier alpha value is -2.14. The molecule has 0 fully saturated rings. The molecule has 0 saturated heterocycles. The first-order valence-electron chi connectivity index (χ1n) is 6.71. The summed E-state index contributed by atoms with van der Waals surface area (Å²) in [5, 5.41) is 7.31. The fraction of sp³-hybridized carbons (Fsp3) is 0.250. The maximum atomic E-state index is 12.1. The van der Waals surface area contributed by atoms with Crippen LogP contribution in [0.15, 0.2) is 36.4 Å². The second kappa shape index (κ2) is 6.54. The summed E-state index contributed by atoms with van der Waals surface area (Å²) >= 11 is 1.47. The lowest BCUT2D eigenvalue weighted by Gasteiger charge is -2.04. The largest absolute Gasteiger partial charge is 0.422 e. The molecule has 3 N–H and O–H groups in total. The predicted molar refractivity (Wildman–Crippen MR) is 85.3 cm³/mol. The van der Waals surface area contributed by atoms with Crippen molar-refractivity contribution >= 4 is 23.1 Å². The van der Waals surface area contributed by atoms with Crippen molar-refractivity contribution in [1.29, 1.82) is 5.41 Å². The van der Waals surface area contributed by atoms with Crippen LogP contribution in [0.25, 0.3) is 0 Å². The summed E-state index contributed by atoms with van der Waals surface area (Å²) in [7, 11) is 0. The van der Waals surface area contributed by atoms with E-state index in [9.17, 15) is 4.79 Å². The highest BCUT2D eigenvalue weighted by Gasteiger charge is 2.12. The summed E-state index contributed by atoms with van der Waals surface area (Å²) in [5.41, 5.74) is 5.98. The van der Waals surface area contributed by atoms with Crippen LogP contribution in [0, 0.1) is 11.3 Å². The minimum absolute atomic E-state index is 0.00976. The first kappa shape index (κ1) is 15.3. The SMILES string of the molecule is CC(C)Cc1ccc(C(=O)Oc2ccc(C(=N)N)cc2)s1. The number of benzene rings is 1. The molecular weight excluding hydrogens is 284 g/mol. The maximum Gasteiger partial charge on any atom is 0.353 e. The van der Waals surface area contributed by atoms with Crippen molar-refractivity contribution in [3.8, 4) is 5.75 Å². The van der Waals surface area contributed by atoms with Crippen LogP contribution in [-0.4, -0.2) is 11.8 Å². The zero-order chi connectivity index (χ0) is 15.4. The molecule has 2 aromatic rings. The van der Waals surface area contributed by atoms with Gasteiger partial charge in [-0.15, -0.1) is 11.3 Å². The molecule has 4 nitrogen and oxygen atoms in total. The summed E-state index contributed by atoms with van der Waals surface area (Å²) < 4.78 is 5.31. The molecule has 0 atom stereocenters. The van der Waals surface area contributed by atoms with E-state index in [1.54, 1.807) is 30.3 Å². The number of nitrogen functional groups attached to an aromatic ring is 1. The van der Waals surface area contributed by atoms with Crippen molar-refractivity contribution in [2.75, 3.05) is 0 Å². The molecule has 0 aliphatic heterocycles. The lowest BCUT2D eigenvalue weighted by Crippen LogP contribution is -2.11. The molecule has 0 radical (unpaired) electrons. The highest BCUT2D eigenvalue weighted by atomic mass is 32.1. The number of hydrogen-bond acceptors (Lipinski definition) is 4. The molecule has 21 heavy (non-hydrogen) atoms. The molecule has 0 saturated carbocycles. The number of esters is 1. The Balaban J connectivity index is 2.03. The minimum atomic E-state index is -0.356. The number of rotatable bonds is 5. The molecule has 5 heteroatoms. The molecule has 0 unspecified atom stereocenters. The molecule has 1 aromatic carbocycles. The van der Waals surface area contributed by atoms with Crippen molar-refractivity contribution < 1.29 is 9.53 Å². The normalized spacial score (nSPS) is 10.6. The molecule has 1 heterocycles. The number of amidine groups is 1. The van der Waals surface area contributed by atoms with E-state index >= 15 is 0 Å². The topological polar surface area (TPSA) is 76.2 Å². The molecule has 1 aromatic heterocycles. The van der Waals surface area contributed by atoms with Crippen molar-refractivity contribution in [3.63, 3.8) is 0 Å². The smallest absolute Gasteiger partial charge is 0.353 e. The zero-order valence-electron chi connectivity index (χ0n) is 12.1. The Morgan fingerprint density at radius 3 is 2.48 bits per heavy atom. The van der Waals surface area contributed by atoms with Crippen LogP contribution in [0.1, 0.15) is 34.0 Å². The van der Waals surface area contributed by atoms with Crippen molar-refractivity contribution in [2.24, 2.45) is 11.7 Å². The first-order chi connectivity index (χ1) is 9.95. The van der Waals surface area contributed by atoms with Gasteiger partial charge in [-0.25, -0.2) is 4.79 Å². The number of hydrogen-bond donors (Lipinski definition) is 2. The van der Waals surface area contributed by atoms with Crippen molar-refractivity contribution in [2.45, 2.75) is 20.3 Å². The van der Waals surface area contributed by atoms with Crippen molar-refractivity contribution in [1.82, 2.24) is 0 Å². The first-order valence-corrected chi connectivity index (χ1v) is 7.52. The summed E-state index contributed by atoms with van der Waals surface area (Å²) in [6, 6.07) is 10.4. The lowest BCUT2D eigenvalue weighted by molar-refractivity contribution is 0.0740. The van der Waals surface area contributed by atoms with Gasteiger partial charge in [0.05, 0.1) is 0 Å². The average Bonchev–Trinajstić information content (AvgIpc) is 2.87. The van der Waals surface area contributed by atoms with Crippen molar-refractivity contribution in [3.05, 3.63) is 51.7 Å². The molecular formula is C16H18N2O2S. The minimum Gasteiger partial charge on any atom is -0.422 e. The molecule has 0 amide bonds. The fourth-order valence-electron chi connectivity index (χ4n) is 1.86. The monoisotopic (exact) mass is 302 g/mol. The Labute approximate surface area is 128 Å². The maximum absolute atomic E-state index is 12.1. The van der Waals surface area contributed by atoms with Gasteiger partial charge in [-0.05, 0) is 48.7 Å². The third-order valence-electron chi connectivity index (χ3n) is 2.85. The van der Waals surface area contributed by atoms with Gasteiger partial charge in [-0.2, -0.15) is 0 Å². The van der Waals surface area contributed by atoms with Crippen LogP contribution >= 0.6 is 11.3 Å². The van der Waals surface area contributed by atoms with Gasteiger partial charge in [0.2, 0.25) is 0 Å². The third-order valence-corrected chi connectivity index (χ3v) is 3.94. The van der Waals surface area contributed by atoms with Gasteiger partial charge in [0.25, 0.3) is 0 Å². The molecule has 0 aliphatic carbocycles. The number of carbonyl (C=O) groups excluding carboxylic acids is 1. The quantitative estimate of drug-likeness (QED) is 0.384. The number of ether oxygens (including phenoxy) is 1. The van der Waals surface area contributed by atoms with Crippen LogP contribution < -0.4 is 10.5 Å². The van der Waals surface area contributed by atoms with Gasteiger partial charge in [-0.1, -0.05) is 13.8 Å². The molecule has 0 spiro atoms. The van der Waals surface area contributed by atoms with Gasteiger partial charge in [0.1, 0.15) is 16.5 Å². The summed E-state index contributed by atoms with van der Waals surface area (Å²) in [5.74, 6) is 0.644. The van der Waals surface area contributed by atoms with E-state index in [2.05, 4.69) is 13.8 Å². The fourth-order valence-corrected chi connectivity index (χ4v) is 2.96. The van der Waals surface area contributed by atoms with E-state index in [4.69, 9.17) is 15.9 Å². The van der Waals surface area contributed by atoms with Gasteiger partial charge in [0, 0.05) is 10.4 Å². The Morgan fingerprint density at radius 2 is 1.90 bits per heavy atom. The average molecular weight is 302 g/mol. The number of thiophene rings is 1. The van der Waals surface area contributed by atoms with Gasteiger partial charge in [-0.3, -0.25) is 5.41 Å². The summed E-state index contributed by atoms with van der Waals surface area (Å²) in [4.78, 5) is 13.8. The van der Waals surface area contributed by atoms with E-state index in [-0.39, 0.29) is 11.8 Å². The van der Waals surface area contributed by atoms with Crippen LogP contribution in [0.3, 0.4) is 0 Å².